The van der Waals surface area contributed by atoms with E-state index in [-0.39, 0.29) is 17.0 Å². The summed E-state index contributed by atoms with van der Waals surface area (Å²) in [5, 5.41) is 8.05. The maximum absolute atomic E-state index is 14.7. The van der Waals surface area contributed by atoms with Gasteiger partial charge in [-0.05, 0) is 42.0 Å². The smallest absolute Gasteiger partial charge is 0.272 e. The molecule has 2 aromatic carbocycles. The van der Waals surface area contributed by atoms with Crippen molar-refractivity contribution in [3.8, 4) is 0 Å². The van der Waals surface area contributed by atoms with Gasteiger partial charge in [-0.1, -0.05) is 24.3 Å². The zero-order valence-electron chi connectivity index (χ0n) is 18.5. The van der Waals surface area contributed by atoms with Crippen LogP contribution in [0.5, 0.6) is 0 Å². The first-order valence-corrected chi connectivity index (χ1v) is 11.5. The Morgan fingerprint density at radius 1 is 1.12 bits per heavy atom. The average molecular weight is 450 g/mol. The minimum Gasteiger partial charge on any atom is -0.338 e. The number of nitrogens with two attached hydrogens (primary N) is 1. The number of fused-ring (bicyclic) bond motifs is 2. The van der Waals surface area contributed by atoms with Gasteiger partial charge in [0.25, 0.3) is 11.5 Å². The van der Waals surface area contributed by atoms with Crippen LogP contribution in [0.4, 0.5) is 4.39 Å². The van der Waals surface area contributed by atoms with Crippen LogP contribution in [0.3, 0.4) is 0 Å². The van der Waals surface area contributed by atoms with Crippen molar-refractivity contribution in [2.75, 3.05) is 39.3 Å². The van der Waals surface area contributed by atoms with E-state index in [1.165, 1.54) is 6.07 Å². The maximum atomic E-state index is 14.7. The summed E-state index contributed by atoms with van der Waals surface area (Å²) in [6.07, 6.45) is 1.32. The van der Waals surface area contributed by atoms with Crippen molar-refractivity contribution >= 4 is 16.7 Å². The van der Waals surface area contributed by atoms with Crippen LogP contribution >= 0.6 is 0 Å². The van der Waals surface area contributed by atoms with E-state index in [1.54, 1.807) is 29.2 Å². The number of amides is 1. The molecule has 2 aliphatic heterocycles. The van der Waals surface area contributed by atoms with Gasteiger partial charge < -0.3 is 15.5 Å². The van der Waals surface area contributed by atoms with Gasteiger partial charge in [-0.2, -0.15) is 5.10 Å². The van der Waals surface area contributed by atoms with Crippen molar-refractivity contribution in [1.29, 1.82) is 0 Å². The summed E-state index contributed by atoms with van der Waals surface area (Å²) < 4.78 is 14.7. The molecule has 172 valence electrons. The van der Waals surface area contributed by atoms with E-state index in [1.807, 2.05) is 12.1 Å². The third-order valence-electron chi connectivity index (χ3n) is 7.02. The van der Waals surface area contributed by atoms with E-state index in [4.69, 9.17) is 5.73 Å². The van der Waals surface area contributed by atoms with Gasteiger partial charge in [-0.25, -0.2) is 9.49 Å². The van der Waals surface area contributed by atoms with Gasteiger partial charge in [0.1, 0.15) is 5.82 Å². The Kier molecular flexibility index (Phi) is 5.95. The highest BCUT2D eigenvalue weighted by Crippen LogP contribution is 2.32. The lowest BCUT2D eigenvalue weighted by atomic mass is 9.88. The van der Waals surface area contributed by atoms with Crippen LogP contribution in [0.1, 0.15) is 28.0 Å². The molecule has 1 amide bonds. The molecule has 33 heavy (non-hydrogen) atoms. The molecular weight excluding hydrogens is 421 g/mol. The highest BCUT2D eigenvalue weighted by molar-refractivity contribution is 5.95. The van der Waals surface area contributed by atoms with Crippen molar-refractivity contribution in [2.45, 2.75) is 12.8 Å². The van der Waals surface area contributed by atoms with Crippen molar-refractivity contribution in [2.24, 2.45) is 17.6 Å². The van der Waals surface area contributed by atoms with Gasteiger partial charge in [0, 0.05) is 51.1 Å². The Hall–Kier alpha value is -3.10. The average Bonchev–Trinajstić information content (AvgIpc) is 3.23. The van der Waals surface area contributed by atoms with Crippen molar-refractivity contribution in [3.05, 3.63) is 75.5 Å². The number of aromatic nitrogens is 2. The zero-order valence-corrected chi connectivity index (χ0v) is 18.5. The molecule has 7 nitrogen and oxygen atoms in total. The van der Waals surface area contributed by atoms with Crippen molar-refractivity contribution in [3.63, 3.8) is 0 Å². The molecule has 0 radical (unpaired) electrons. The number of hydrogen-bond donors (Lipinski definition) is 2. The number of carbonyl (C=O) groups excluding carboxylic acids is 1. The molecule has 3 heterocycles. The number of H-pyrrole nitrogens is 1. The fraction of sp³-hybridized carbons (Fsp3) is 0.400. The largest absolute Gasteiger partial charge is 0.338 e. The molecule has 2 saturated heterocycles. The van der Waals surface area contributed by atoms with Crippen LogP contribution < -0.4 is 11.3 Å². The Morgan fingerprint density at radius 2 is 1.91 bits per heavy atom. The van der Waals surface area contributed by atoms with E-state index < -0.39 is 5.82 Å². The SMILES string of the molecule is NCCN1CC2CCN(C(=O)c3cc(Cc4n[nH]c(=O)c5ccccc45)ccc3F)CC2C1. The summed E-state index contributed by atoms with van der Waals surface area (Å²) in [6.45, 7) is 4.80. The van der Waals surface area contributed by atoms with Crippen LogP contribution in [0.25, 0.3) is 10.8 Å². The van der Waals surface area contributed by atoms with E-state index in [2.05, 4.69) is 15.1 Å². The van der Waals surface area contributed by atoms with Gasteiger partial charge in [-0.15, -0.1) is 0 Å². The zero-order chi connectivity index (χ0) is 22.9. The Balaban J connectivity index is 1.36. The van der Waals surface area contributed by atoms with Crippen molar-refractivity contribution < 1.29 is 9.18 Å². The third-order valence-corrected chi connectivity index (χ3v) is 7.02. The standard InChI is InChI=1S/C25H28FN5O2/c26-22-6-5-16(12-23-19-3-1-2-4-20(19)24(32)29-28-23)11-21(22)25(33)31-9-7-17-13-30(10-8-27)14-18(17)15-31/h1-6,11,17-18H,7-10,12-15,27H2,(H,29,32). The fourth-order valence-corrected chi connectivity index (χ4v) is 5.33. The highest BCUT2D eigenvalue weighted by atomic mass is 19.1. The predicted octanol–water partition coefficient (Wildman–Crippen LogP) is 2.01. The number of aromatic amines is 1. The van der Waals surface area contributed by atoms with Gasteiger partial charge in [0.15, 0.2) is 0 Å². The molecule has 0 bridgehead atoms. The van der Waals surface area contributed by atoms with Gasteiger partial charge in [0.2, 0.25) is 0 Å². The summed E-state index contributed by atoms with van der Waals surface area (Å²) in [6, 6.07) is 11.9. The summed E-state index contributed by atoms with van der Waals surface area (Å²) >= 11 is 0. The Bertz CT molecular complexity index is 1240. The number of nitrogens with one attached hydrogen (secondary N) is 1. The molecule has 2 aliphatic rings. The molecule has 0 aliphatic carbocycles. The van der Waals surface area contributed by atoms with Crippen LogP contribution in [0.15, 0.2) is 47.3 Å². The second-order valence-corrected chi connectivity index (χ2v) is 9.14. The summed E-state index contributed by atoms with van der Waals surface area (Å²) in [5.74, 6) is 0.222. The van der Waals surface area contributed by atoms with E-state index in [9.17, 15) is 14.0 Å². The van der Waals surface area contributed by atoms with E-state index in [0.717, 1.165) is 37.0 Å². The van der Waals surface area contributed by atoms with Crippen LogP contribution in [0, 0.1) is 17.7 Å². The normalized spacial score (nSPS) is 20.8. The maximum Gasteiger partial charge on any atom is 0.272 e. The number of hydrogen-bond acceptors (Lipinski definition) is 5. The molecule has 2 atom stereocenters. The van der Waals surface area contributed by atoms with Crippen LogP contribution in [0.2, 0.25) is 0 Å². The van der Waals surface area contributed by atoms with E-state index >= 15 is 0 Å². The second kappa shape index (κ2) is 9.03. The van der Waals surface area contributed by atoms with Crippen LogP contribution in [-0.2, 0) is 6.42 Å². The number of rotatable bonds is 5. The first-order chi connectivity index (χ1) is 16.0. The molecule has 3 N–H and O–H groups in total. The highest BCUT2D eigenvalue weighted by Gasteiger charge is 2.38. The topological polar surface area (TPSA) is 95.3 Å². The molecular formula is C25H28FN5O2. The molecule has 0 saturated carbocycles. The lowest BCUT2D eigenvalue weighted by Gasteiger charge is -2.34. The second-order valence-electron chi connectivity index (χ2n) is 9.14. The fourth-order valence-electron chi connectivity index (χ4n) is 5.33. The number of halogens is 1. The number of likely N-dealkylation sites (tertiary alicyclic amines) is 2. The molecule has 2 unspecified atom stereocenters. The van der Waals surface area contributed by atoms with Crippen LogP contribution in [-0.4, -0.2) is 65.2 Å². The molecule has 2 fully saturated rings. The molecule has 1 aromatic heterocycles. The quantitative estimate of drug-likeness (QED) is 0.621. The lowest BCUT2D eigenvalue weighted by molar-refractivity contribution is 0.0637. The van der Waals surface area contributed by atoms with Gasteiger partial charge in [0.05, 0.1) is 16.6 Å². The predicted molar refractivity (Wildman–Crippen MR) is 125 cm³/mol. The summed E-state index contributed by atoms with van der Waals surface area (Å²) in [4.78, 5) is 29.5. The number of nitrogens with zero attached hydrogens (tertiary/aromatic N) is 3. The number of carbonyl (C=O) groups is 1. The monoisotopic (exact) mass is 449 g/mol. The minimum atomic E-state index is -0.513. The van der Waals surface area contributed by atoms with Gasteiger partial charge in [-0.3, -0.25) is 9.59 Å². The van der Waals surface area contributed by atoms with Crippen molar-refractivity contribution in [1.82, 2.24) is 20.0 Å². The van der Waals surface area contributed by atoms with Gasteiger partial charge >= 0.3 is 0 Å². The Morgan fingerprint density at radius 3 is 2.73 bits per heavy atom. The molecule has 3 aromatic rings. The lowest BCUT2D eigenvalue weighted by Crippen LogP contribution is -2.43. The first kappa shape index (κ1) is 21.7. The molecule has 5 rings (SSSR count). The van der Waals surface area contributed by atoms with E-state index in [0.29, 0.717) is 49.0 Å². The molecule has 0 spiro atoms. The third kappa shape index (κ3) is 4.28. The minimum absolute atomic E-state index is 0.0940. The molecule has 8 heteroatoms. The summed E-state index contributed by atoms with van der Waals surface area (Å²) in [7, 11) is 0. The number of benzene rings is 2. The first-order valence-electron chi connectivity index (χ1n) is 11.5. The summed E-state index contributed by atoms with van der Waals surface area (Å²) in [5.41, 5.74) is 7.01. The number of piperidine rings is 1. The Labute approximate surface area is 191 Å².